The molecule has 1 aromatic carbocycles. The zero-order valence-corrected chi connectivity index (χ0v) is 13.4. The van der Waals surface area contributed by atoms with Crippen molar-refractivity contribution in [1.82, 2.24) is 5.32 Å². The highest BCUT2D eigenvalue weighted by Crippen LogP contribution is 2.31. The van der Waals surface area contributed by atoms with E-state index in [1.807, 2.05) is 0 Å². The fourth-order valence-electron chi connectivity index (χ4n) is 2.37. The van der Waals surface area contributed by atoms with E-state index in [0.29, 0.717) is 11.5 Å². The number of nitrogens with one attached hydrogen (secondary N) is 1. The molecule has 1 atom stereocenters. The van der Waals surface area contributed by atoms with Crippen molar-refractivity contribution in [3.05, 3.63) is 33.8 Å². The first-order valence-corrected chi connectivity index (χ1v) is 7.72. The molecule has 0 fully saturated rings. The maximum Gasteiger partial charge on any atom is 0.137 e. The standard InChI is InChI=1S/C15H22BrF2N/c1-4-7-19-15(10(5-2)6-3)11-8-14(18)12(16)9-13(11)17/h8-10,15,19H,4-7H2,1-3H3. The Labute approximate surface area is 122 Å². The third-order valence-electron chi connectivity index (χ3n) is 3.51. The molecular formula is C15H22BrF2N. The minimum absolute atomic E-state index is 0.127. The summed E-state index contributed by atoms with van der Waals surface area (Å²) in [6, 6.07) is 2.40. The van der Waals surface area contributed by atoms with Gasteiger partial charge in [0.05, 0.1) is 4.47 Å². The van der Waals surface area contributed by atoms with Gasteiger partial charge in [-0.15, -0.1) is 0 Å². The van der Waals surface area contributed by atoms with Crippen molar-refractivity contribution >= 4 is 15.9 Å². The normalized spacial score (nSPS) is 13.0. The molecule has 0 amide bonds. The smallest absolute Gasteiger partial charge is 0.137 e. The third kappa shape index (κ3) is 4.25. The molecule has 19 heavy (non-hydrogen) atoms. The summed E-state index contributed by atoms with van der Waals surface area (Å²) in [5.41, 5.74) is 0.433. The number of benzene rings is 1. The maximum atomic E-state index is 14.1. The van der Waals surface area contributed by atoms with E-state index in [1.54, 1.807) is 0 Å². The zero-order valence-electron chi connectivity index (χ0n) is 11.8. The molecule has 0 radical (unpaired) electrons. The second kappa shape index (κ2) is 7.95. The van der Waals surface area contributed by atoms with Crippen molar-refractivity contribution in [3.8, 4) is 0 Å². The summed E-state index contributed by atoms with van der Waals surface area (Å²) in [4.78, 5) is 0. The average Bonchev–Trinajstić information content (AvgIpc) is 2.39. The van der Waals surface area contributed by atoms with Gasteiger partial charge in [-0.2, -0.15) is 0 Å². The Morgan fingerprint density at radius 2 is 1.74 bits per heavy atom. The van der Waals surface area contributed by atoms with E-state index < -0.39 is 5.82 Å². The maximum absolute atomic E-state index is 14.1. The quantitative estimate of drug-likeness (QED) is 0.676. The molecule has 0 spiro atoms. The molecule has 1 unspecified atom stereocenters. The number of hydrogen-bond acceptors (Lipinski definition) is 1. The lowest BCUT2D eigenvalue weighted by Crippen LogP contribution is -2.29. The van der Waals surface area contributed by atoms with E-state index in [1.165, 1.54) is 12.1 Å². The number of hydrogen-bond donors (Lipinski definition) is 1. The summed E-state index contributed by atoms with van der Waals surface area (Å²) in [7, 11) is 0. The molecule has 108 valence electrons. The van der Waals surface area contributed by atoms with Crippen LogP contribution in [0.4, 0.5) is 8.78 Å². The molecule has 0 saturated carbocycles. The lowest BCUT2D eigenvalue weighted by atomic mass is 9.88. The molecule has 0 heterocycles. The molecule has 0 aliphatic rings. The van der Waals surface area contributed by atoms with Gasteiger partial charge in [0.2, 0.25) is 0 Å². The molecule has 0 bridgehead atoms. The van der Waals surface area contributed by atoms with Crippen LogP contribution in [0, 0.1) is 17.6 Å². The second-order valence-corrected chi connectivity index (χ2v) is 5.65. The van der Waals surface area contributed by atoms with Crippen LogP contribution in [0.3, 0.4) is 0 Å². The molecule has 0 aliphatic heterocycles. The van der Waals surface area contributed by atoms with E-state index in [0.717, 1.165) is 25.8 Å². The highest BCUT2D eigenvalue weighted by atomic mass is 79.9. The van der Waals surface area contributed by atoms with Crippen molar-refractivity contribution in [1.29, 1.82) is 0 Å². The summed E-state index contributed by atoms with van der Waals surface area (Å²) < 4.78 is 27.9. The van der Waals surface area contributed by atoms with Crippen LogP contribution in [-0.4, -0.2) is 6.54 Å². The van der Waals surface area contributed by atoms with E-state index in [9.17, 15) is 8.78 Å². The highest BCUT2D eigenvalue weighted by Gasteiger charge is 2.24. The zero-order chi connectivity index (χ0) is 14.4. The van der Waals surface area contributed by atoms with Crippen LogP contribution in [0.2, 0.25) is 0 Å². The molecule has 0 aromatic heterocycles. The van der Waals surface area contributed by atoms with Crippen molar-refractivity contribution in [2.75, 3.05) is 6.54 Å². The summed E-state index contributed by atoms with van der Waals surface area (Å²) in [6.45, 7) is 7.04. The van der Waals surface area contributed by atoms with Crippen LogP contribution in [0.25, 0.3) is 0 Å². The lowest BCUT2D eigenvalue weighted by molar-refractivity contribution is 0.331. The van der Waals surface area contributed by atoms with E-state index in [-0.39, 0.29) is 16.3 Å². The lowest BCUT2D eigenvalue weighted by Gasteiger charge is -2.27. The fourth-order valence-corrected chi connectivity index (χ4v) is 2.68. The van der Waals surface area contributed by atoms with Gasteiger partial charge in [-0.1, -0.05) is 33.6 Å². The first-order chi connectivity index (χ1) is 9.04. The largest absolute Gasteiger partial charge is 0.310 e. The molecule has 1 rings (SSSR count). The molecular weight excluding hydrogens is 312 g/mol. The van der Waals surface area contributed by atoms with Gasteiger partial charge in [-0.3, -0.25) is 0 Å². The monoisotopic (exact) mass is 333 g/mol. The van der Waals surface area contributed by atoms with Crippen LogP contribution in [0.1, 0.15) is 51.6 Å². The Kier molecular flexibility index (Phi) is 6.94. The molecule has 0 saturated heterocycles. The topological polar surface area (TPSA) is 12.0 Å². The van der Waals surface area contributed by atoms with Gasteiger partial charge in [0.25, 0.3) is 0 Å². The Hall–Kier alpha value is -0.480. The number of rotatable bonds is 7. The molecule has 4 heteroatoms. The Balaban J connectivity index is 3.12. The molecule has 0 aliphatic carbocycles. The number of halogens is 3. The third-order valence-corrected chi connectivity index (χ3v) is 4.12. The van der Waals surface area contributed by atoms with Crippen molar-refractivity contribution in [2.45, 2.75) is 46.1 Å². The first-order valence-electron chi connectivity index (χ1n) is 6.92. The van der Waals surface area contributed by atoms with Gasteiger partial charge in [0.1, 0.15) is 11.6 Å². The molecule has 1 nitrogen and oxygen atoms in total. The average molecular weight is 334 g/mol. The van der Waals surface area contributed by atoms with Crippen LogP contribution < -0.4 is 5.32 Å². The van der Waals surface area contributed by atoms with Gasteiger partial charge in [-0.25, -0.2) is 8.78 Å². The van der Waals surface area contributed by atoms with Crippen molar-refractivity contribution in [3.63, 3.8) is 0 Å². The minimum atomic E-state index is -0.411. The molecule has 1 aromatic rings. The summed E-state index contributed by atoms with van der Waals surface area (Å²) in [6.07, 6.45) is 2.85. The van der Waals surface area contributed by atoms with Crippen LogP contribution >= 0.6 is 15.9 Å². The van der Waals surface area contributed by atoms with Gasteiger partial charge >= 0.3 is 0 Å². The molecule has 1 N–H and O–H groups in total. The SMILES string of the molecule is CCCNC(c1cc(F)c(Br)cc1F)C(CC)CC. The van der Waals surface area contributed by atoms with Gasteiger partial charge in [0, 0.05) is 11.6 Å². The summed E-state index contributed by atoms with van der Waals surface area (Å²) in [5.74, 6) is -0.457. The first kappa shape index (κ1) is 16.6. The summed E-state index contributed by atoms with van der Waals surface area (Å²) in [5, 5.41) is 3.35. The fraction of sp³-hybridized carbons (Fsp3) is 0.600. The van der Waals surface area contributed by atoms with Crippen LogP contribution in [0.15, 0.2) is 16.6 Å². The highest BCUT2D eigenvalue weighted by molar-refractivity contribution is 9.10. The van der Waals surface area contributed by atoms with Crippen LogP contribution in [-0.2, 0) is 0 Å². The van der Waals surface area contributed by atoms with E-state index in [4.69, 9.17) is 0 Å². The Morgan fingerprint density at radius 1 is 1.11 bits per heavy atom. The Morgan fingerprint density at radius 3 is 2.26 bits per heavy atom. The predicted octanol–water partition coefficient (Wildman–Crippen LogP) is 5.20. The van der Waals surface area contributed by atoms with Gasteiger partial charge in [-0.05, 0) is 46.9 Å². The van der Waals surface area contributed by atoms with Gasteiger partial charge in [0.15, 0.2) is 0 Å². The van der Waals surface area contributed by atoms with E-state index in [2.05, 4.69) is 42.0 Å². The van der Waals surface area contributed by atoms with Gasteiger partial charge < -0.3 is 5.32 Å². The predicted molar refractivity (Wildman–Crippen MR) is 79.2 cm³/mol. The van der Waals surface area contributed by atoms with Crippen LogP contribution in [0.5, 0.6) is 0 Å². The Bertz CT molecular complexity index is 405. The summed E-state index contributed by atoms with van der Waals surface area (Å²) >= 11 is 3.02. The van der Waals surface area contributed by atoms with Crippen molar-refractivity contribution in [2.24, 2.45) is 5.92 Å². The second-order valence-electron chi connectivity index (χ2n) is 4.80. The van der Waals surface area contributed by atoms with E-state index >= 15 is 0 Å². The minimum Gasteiger partial charge on any atom is -0.310 e. The van der Waals surface area contributed by atoms with Crippen molar-refractivity contribution < 1.29 is 8.78 Å².